The third-order valence-electron chi connectivity index (χ3n) is 4.86. The number of anilines is 1. The van der Waals surface area contributed by atoms with Gasteiger partial charge in [-0.25, -0.2) is 0 Å². The topological polar surface area (TPSA) is 87.5 Å². The van der Waals surface area contributed by atoms with Crippen LogP contribution in [0.4, 0.5) is 5.69 Å². The fourth-order valence-electron chi connectivity index (χ4n) is 3.38. The van der Waals surface area contributed by atoms with Gasteiger partial charge in [-0.15, -0.1) is 24.0 Å². The molecule has 0 spiro atoms. The first kappa shape index (κ1) is 22.9. The average molecular weight is 509 g/mol. The molecule has 1 amide bonds. The van der Waals surface area contributed by atoms with E-state index in [2.05, 4.69) is 27.0 Å². The number of aromatic nitrogens is 1. The lowest BCUT2D eigenvalue weighted by atomic mass is 9.90. The molecule has 1 aromatic carbocycles. The van der Waals surface area contributed by atoms with E-state index in [4.69, 9.17) is 0 Å². The van der Waals surface area contributed by atoms with Crippen LogP contribution in [-0.4, -0.2) is 36.6 Å². The Kier molecular flexibility index (Phi) is 9.17. The van der Waals surface area contributed by atoms with Crippen LogP contribution in [0.3, 0.4) is 0 Å². The number of pyridine rings is 1. The van der Waals surface area contributed by atoms with Crippen LogP contribution in [0.5, 0.6) is 0 Å². The van der Waals surface area contributed by atoms with Gasteiger partial charge in [0.05, 0.1) is 0 Å². The van der Waals surface area contributed by atoms with Gasteiger partial charge in [-0.3, -0.25) is 14.6 Å². The molecule has 29 heavy (non-hydrogen) atoms. The molecule has 1 unspecified atom stereocenters. The highest BCUT2D eigenvalue weighted by Gasteiger charge is 2.24. The zero-order chi connectivity index (χ0) is 19.8. The number of carbonyl (C=O) groups excluding carboxylic acids is 1. The Bertz CT molecular complexity index is 896. The van der Waals surface area contributed by atoms with Gasteiger partial charge in [0.2, 0.25) is 11.5 Å². The number of rotatable bonds is 7. The Balaban J connectivity index is 0.00000300. The zero-order valence-electron chi connectivity index (χ0n) is 16.6. The molecule has 0 bridgehead atoms. The highest BCUT2D eigenvalue weighted by Crippen LogP contribution is 2.31. The van der Waals surface area contributed by atoms with Gasteiger partial charge in [0.25, 0.3) is 0 Å². The molecule has 3 N–H and O–H groups in total. The number of unbranched alkanes of at least 4 members (excludes halogenated alkanes) is 1. The van der Waals surface area contributed by atoms with Gasteiger partial charge in [-0.05, 0) is 30.5 Å². The Morgan fingerprint density at radius 3 is 2.72 bits per heavy atom. The van der Waals surface area contributed by atoms with E-state index in [9.17, 15) is 9.59 Å². The first-order valence-electron chi connectivity index (χ1n) is 9.66. The van der Waals surface area contributed by atoms with Gasteiger partial charge in [0, 0.05) is 57.0 Å². The van der Waals surface area contributed by atoms with Crippen molar-refractivity contribution in [3.63, 3.8) is 0 Å². The monoisotopic (exact) mass is 509 g/mol. The van der Waals surface area contributed by atoms with Crippen molar-refractivity contribution < 1.29 is 4.79 Å². The van der Waals surface area contributed by atoms with Crippen LogP contribution in [0.15, 0.2) is 58.4 Å². The largest absolute Gasteiger partial charge is 0.356 e. The molecule has 1 aliphatic rings. The Morgan fingerprint density at radius 2 is 1.93 bits per heavy atom. The molecule has 1 atom stereocenters. The summed E-state index contributed by atoms with van der Waals surface area (Å²) in [4.78, 5) is 27.9. The van der Waals surface area contributed by atoms with E-state index >= 15 is 0 Å². The Hall–Kier alpha value is -2.36. The van der Waals surface area contributed by atoms with Crippen molar-refractivity contribution in [3.05, 3.63) is 64.6 Å². The first-order valence-corrected chi connectivity index (χ1v) is 9.66. The van der Waals surface area contributed by atoms with Gasteiger partial charge in [0.15, 0.2) is 5.96 Å². The number of hydrogen-bond donors (Lipinski definition) is 3. The standard InChI is InChI=1S/C21H27N5O2.HI/c1-22-21(23-11-5-7-13-26-12-6-4-10-20(26)28)24-15-16-14-19(27)25-18-9-3-2-8-17(16)18;/h2-4,6,8-10,12,16H,5,7,11,13-15H2,1H3,(H,25,27)(H2,22,23,24);1H. The van der Waals surface area contributed by atoms with E-state index in [1.54, 1.807) is 23.7 Å². The van der Waals surface area contributed by atoms with E-state index in [1.165, 1.54) is 0 Å². The summed E-state index contributed by atoms with van der Waals surface area (Å²) in [6.07, 6.45) is 4.11. The van der Waals surface area contributed by atoms with Gasteiger partial charge in [-0.2, -0.15) is 0 Å². The number of aliphatic imine (C=N–C) groups is 1. The maximum Gasteiger partial charge on any atom is 0.250 e. The van der Waals surface area contributed by atoms with Crippen LogP contribution in [0.25, 0.3) is 0 Å². The minimum Gasteiger partial charge on any atom is -0.356 e. The van der Waals surface area contributed by atoms with E-state index in [0.29, 0.717) is 19.5 Å². The second-order valence-corrected chi connectivity index (χ2v) is 6.86. The van der Waals surface area contributed by atoms with Gasteiger partial charge < -0.3 is 20.5 Å². The van der Waals surface area contributed by atoms with Crippen LogP contribution in [0, 0.1) is 0 Å². The molecular weight excluding hydrogens is 481 g/mol. The van der Waals surface area contributed by atoms with Crippen molar-refractivity contribution in [1.29, 1.82) is 0 Å². The van der Waals surface area contributed by atoms with Crippen LogP contribution >= 0.6 is 24.0 Å². The summed E-state index contributed by atoms with van der Waals surface area (Å²) in [5, 5.41) is 9.54. The third-order valence-corrected chi connectivity index (χ3v) is 4.86. The van der Waals surface area contributed by atoms with Crippen molar-refractivity contribution in [1.82, 2.24) is 15.2 Å². The number of amides is 1. The molecule has 0 fully saturated rings. The number of aryl methyl sites for hydroxylation is 1. The van der Waals surface area contributed by atoms with Crippen molar-refractivity contribution in [2.75, 3.05) is 25.5 Å². The summed E-state index contributed by atoms with van der Waals surface area (Å²) >= 11 is 0. The number of fused-ring (bicyclic) bond motifs is 1. The van der Waals surface area contributed by atoms with Crippen molar-refractivity contribution in [2.45, 2.75) is 31.7 Å². The predicted molar refractivity (Wildman–Crippen MR) is 127 cm³/mol. The Morgan fingerprint density at radius 1 is 1.14 bits per heavy atom. The molecule has 156 valence electrons. The normalized spacial score (nSPS) is 15.7. The fraction of sp³-hybridized carbons (Fsp3) is 0.381. The molecule has 2 heterocycles. The summed E-state index contributed by atoms with van der Waals surface area (Å²) in [5.41, 5.74) is 2.08. The molecule has 0 saturated heterocycles. The van der Waals surface area contributed by atoms with E-state index < -0.39 is 0 Å². The van der Waals surface area contributed by atoms with Crippen molar-refractivity contribution in [3.8, 4) is 0 Å². The maximum absolute atomic E-state index is 11.9. The fourth-order valence-corrected chi connectivity index (χ4v) is 3.38. The minimum atomic E-state index is 0. The highest BCUT2D eigenvalue weighted by molar-refractivity contribution is 14.0. The number of carbonyl (C=O) groups is 1. The maximum atomic E-state index is 11.9. The summed E-state index contributed by atoms with van der Waals surface area (Å²) in [6, 6.07) is 13.1. The van der Waals surface area contributed by atoms with E-state index in [-0.39, 0.29) is 41.4 Å². The number of nitrogens with one attached hydrogen (secondary N) is 3. The lowest BCUT2D eigenvalue weighted by Crippen LogP contribution is -2.41. The molecule has 0 radical (unpaired) electrons. The average Bonchev–Trinajstić information content (AvgIpc) is 2.71. The van der Waals surface area contributed by atoms with Crippen molar-refractivity contribution >= 4 is 41.5 Å². The quantitative estimate of drug-likeness (QED) is 0.232. The third kappa shape index (κ3) is 6.59. The van der Waals surface area contributed by atoms with Crippen LogP contribution in [-0.2, 0) is 11.3 Å². The second-order valence-electron chi connectivity index (χ2n) is 6.86. The van der Waals surface area contributed by atoms with Gasteiger partial charge >= 0.3 is 0 Å². The molecule has 1 aliphatic heterocycles. The number of hydrogen-bond acceptors (Lipinski definition) is 3. The van der Waals surface area contributed by atoms with Crippen LogP contribution < -0.4 is 21.5 Å². The van der Waals surface area contributed by atoms with Gasteiger partial charge in [-0.1, -0.05) is 24.3 Å². The van der Waals surface area contributed by atoms with E-state index in [0.717, 1.165) is 36.6 Å². The number of para-hydroxylation sites is 1. The molecule has 0 saturated carbocycles. The summed E-state index contributed by atoms with van der Waals surface area (Å²) < 4.78 is 1.72. The molecule has 1 aromatic heterocycles. The molecule has 0 aliphatic carbocycles. The number of halogens is 1. The number of guanidine groups is 1. The first-order chi connectivity index (χ1) is 13.7. The number of benzene rings is 1. The van der Waals surface area contributed by atoms with Crippen molar-refractivity contribution in [2.24, 2.45) is 4.99 Å². The smallest absolute Gasteiger partial charge is 0.250 e. The highest BCUT2D eigenvalue weighted by atomic mass is 127. The molecule has 7 nitrogen and oxygen atoms in total. The summed E-state index contributed by atoms with van der Waals surface area (Å²) in [5.74, 6) is 0.887. The SMILES string of the molecule is CN=C(NCCCCn1ccccc1=O)NCC1CC(=O)Nc2ccccc21.I. The predicted octanol–water partition coefficient (Wildman–Crippen LogP) is 2.54. The molecule has 3 rings (SSSR count). The molecular formula is C21H28IN5O2. The zero-order valence-corrected chi connectivity index (χ0v) is 18.9. The second kappa shape index (κ2) is 11.6. The Labute approximate surface area is 188 Å². The van der Waals surface area contributed by atoms with E-state index in [1.807, 2.05) is 30.5 Å². The molecule has 2 aromatic rings. The minimum absolute atomic E-state index is 0. The summed E-state index contributed by atoms with van der Waals surface area (Å²) in [6.45, 7) is 2.12. The lowest BCUT2D eigenvalue weighted by molar-refractivity contribution is -0.116. The lowest BCUT2D eigenvalue weighted by Gasteiger charge is -2.26. The molecule has 8 heteroatoms. The van der Waals surface area contributed by atoms with Crippen LogP contribution in [0.1, 0.15) is 30.7 Å². The number of nitrogens with zero attached hydrogens (tertiary/aromatic N) is 2. The van der Waals surface area contributed by atoms with Crippen LogP contribution in [0.2, 0.25) is 0 Å². The van der Waals surface area contributed by atoms with Gasteiger partial charge in [0.1, 0.15) is 0 Å². The summed E-state index contributed by atoms with van der Waals surface area (Å²) in [7, 11) is 1.74.